The van der Waals surface area contributed by atoms with Gasteiger partial charge in [0.2, 0.25) is 0 Å². The monoisotopic (exact) mass is 293 g/mol. The third-order valence-electron chi connectivity index (χ3n) is 3.76. The van der Waals surface area contributed by atoms with E-state index in [0.717, 1.165) is 24.4 Å². The minimum Gasteiger partial charge on any atom is -0.496 e. The maximum atomic E-state index is 8.76. The van der Waals surface area contributed by atoms with Crippen molar-refractivity contribution in [1.82, 2.24) is 5.32 Å². The number of hydrogen-bond acceptors (Lipinski definition) is 4. The van der Waals surface area contributed by atoms with Crippen molar-refractivity contribution in [3.8, 4) is 5.75 Å². The lowest BCUT2D eigenvalue weighted by Crippen LogP contribution is -2.27. The van der Waals surface area contributed by atoms with Crippen LogP contribution in [0.2, 0.25) is 0 Å². The first-order chi connectivity index (χ1) is 10.0. The highest BCUT2D eigenvalue weighted by Gasteiger charge is 2.10. The number of nitrogens with two attached hydrogens (primary N) is 1. The fraction of sp³-hybridized carbons (Fsp3) is 0.562. The Labute approximate surface area is 127 Å². The smallest absolute Gasteiger partial charge is 0.173 e. The second-order valence-corrected chi connectivity index (χ2v) is 5.55. The summed E-state index contributed by atoms with van der Waals surface area (Å²) in [4.78, 5) is 0. The van der Waals surface area contributed by atoms with Gasteiger partial charge in [0.15, 0.2) is 5.84 Å². The van der Waals surface area contributed by atoms with Crippen LogP contribution in [0.25, 0.3) is 0 Å². The summed E-state index contributed by atoms with van der Waals surface area (Å²) in [5.74, 6) is 1.39. The third kappa shape index (κ3) is 5.27. The molecule has 2 unspecified atom stereocenters. The minimum atomic E-state index is 0.0523. The lowest BCUT2D eigenvalue weighted by atomic mass is 10.00. The molecule has 0 aliphatic carbocycles. The van der Waals surface area contributed by atoms with Gasteiger partial charge < -0.3 is 21.0 Å². The summed E-state index contributed by atoms with van der Waals surface area (Å²) in [5, 5.41) is 15.3. The number of amidine groups is 1. The summed E-state index contributed by atoms with van der Waals surface area (Å²) in [7, 11) is 1.58. The highest BCUT2D eigenvalue weighted by molar-refractivity contribution is 5.99. The largest absolute Gasteiger partial charge is 0.496 e. The van der Waals surface area contributed by atoms with Crippen molar-refractivity contribution < 1.29 is 9.94 Å². The van der Waals surface area contributed by atoms with Crippen LogP contribution >= 0.6 is 0 Å². The van der Waals surface area contributed by atoms with Gasteiger partial charge in [0.25, 0.3) is 0 Å². The van der Waals surface area contributed by atoms with Crippen molar-refractivity contribution in [2.75, 3.05) is 7.11 Å². The Balaban J connectivity index is 2.69. The summed E-state index contributed by atoms with van der Waals surface area (Å²) in [5.41, 5.74) is 7.32. The van der Waals surface area contributed by atoms with Crippen molar-refractivity contribution in [3.63, 3.8) is 0 Å². The predicted molar refractivity (Wildman–Crippen MR) is 85.9 cm³/mol. The number of nitrogens with zero attached hydrogens (tertiary/aromatic N) is 1. The zero-order valence-corrected chi connectivity index (χ0v) is 13.4. The molecular weight excluding hydrogens is 266 g/mol. The van der Waals surface area contributed by atoms with Gasteiger partial charge in [-0.3, -0.25) is 0 Å². The summed E-state index contributed by atoms with van der Waals surface area (Å²) in [6.07, 6.45) is 2.37. The molecule has 118 valence electrons. The first-order valence-corrected chi connectivity index (χ1v) is 7.40. The van der Waals surface area contributed by atoms with Gasteiger partial charge in [0, 0.05) is 12.6 Å². The molecule has 4 N–H and O–H groups in total. The van der Waals surface area contributed by atoms with Crippen molar-refractivity contribution in [2.45, 2.75) is 46.2 Å². The van der Waals surface area contributed by atoms with E-state index in [-0.39, 0.29) is 5.84 Å². The molecule has 0 radical (unpaired) electrons. The zero-order valence-electron chi connectivity index (χ0n) is 13.4. The van der Waals surface area contributed by atoms with Crippen LogP contribution in [0.15, 0.2) is 23.4 Å². The molecule has 0 saturated heterocycles. The number of hydrogen-bond donors (Lipinski definition) is 3. The van der Waals surface area contributed by atoms with Crippen molar-refractivity contribution in [3.05, 3.63) is 29.3 Å². The molecule has 0 fully saturated rings. The SMILES string of the molecule is CCC(C)CC(C)NCc1ccc(/C(N)=N/O)c(OC)c1. The van der Waals surface area contributed by atoms with E-state index < -0.39 is 0 Å². The van der Waals surface area contributed by atoms with Crippen LogP contribution in [-0.4, -0.2) is 24.2 Å². The van der Waals surface area contributed by atoms with E-state index in [1.807, 2.05) is 18.2 Å². The molecular formula is C16H27N3O2. The van der Waals surface area contributed by atoms with Gasteiger partial charge in [0.05, 0.1) is 12.7 Å². The molecule has 0 aliphatic rings. The van der Waals surface area contributed by atoms with Crippen molar-refractivity contribution >= 4 is 5.84 Å². The maximum Gasteiger partial charge on any atom is 0.173 e. The van der Waals surface area contributed by atoms with Gasteiger partial charge in [0.1, 0.15) is 5.75 Å². The molecule has 5 heteroatoms. The Morgan fingerprint density at radius 2 is 2.14 bits per heavy atom. The summed E-state index contributed by atoms with van der Waals surface area (Å²) in [6, 6.07) is 6.15. The molecule has 1 aromatic rings. The molecule has 0 amide bonds. The molecule has 1 rings (SSSR count). The van der Waals surface area contributed by atoms with Crippen LogP contribution in [0.5, 0.6) is 5.75 Å². The molecule has 5 nitrogen and oxygen atoms in total. The lowest BCUT2D eigenvalue weighted by Gasteiger charge is -2.18. The minimum absolute atomic E-state index is 0.0523. The number of methoxy groups -OCH3 is 1. The van der Waals surface area contributed by atoms with Crippen molar-refractivity contribution in [1.29, 1.82) is 0 Å². The maximum absolute atomic E-state index is 8.76. The molecule has 0 aliphatic heterocycles. The van der Waals surface area contributed by atoms with E-state index in [9.17, 15) is 0 Å². The van der Waals surface area contributed by atoms with Gasteiger partial charge >= 0.3 is 0 Å². The Morgan fingerprint density at radius 1 is 1.43 bits per heavy atom. The number of rotatable bonds is 8. The molecule has 0 aromatic heterocycles. The van der Waals surface area contributed by atoms with Crippen LogP contribution in [0.4, 0.5) is 0 Å². The highest BCUT2D eigenvalue weighted by Crippen LogP contribution is 2.20. The fourth-order valence-corrected chi connectivity index (χ4v) is 2.26. The Morgan fingerprint density at radius 3 is 2.71 bits per heavy atom. The number of nitrogens with one attached hydrogen (secondary N) is 1. The summed E-state index contributed by atoms with van der Waals surface area (Å²) >= 11 is 0. The molecule has 21 heavy (non-hydrogen) atoms. The number of benzene rings is 1. The lowest BCUT2D eigenvalue weighted by molar-refractivity contribution is 0.318. The van der Waals surface area contributed by atoms with Crippen LogP contribution in [-0.2, 0) is 6.54 Å². The van der Waals surface area contributed by atoms with Crippen LogP contribution in [0, 0.1) is 5.92 Å². The van der Waals surface area contributed by atoms with Gasteiger partial charge in [-0.15, -0.1) is 0 Å². The molecule has 1 aromatic carbocycles. The van der Waals surface area contributed by atoms with E-state index in [1.54, 1.807) is 7.11 Å². The van der Waals surface area contributed by atoms with Gasteiger partial charge in [-0.05, 0) is 37.0 Å². The first kappa shape index (κ1) is 17.3. The molecule has 0 saturated carbocycles. The van der Waals surface area contributed by atoms with Crippen LogP contribution in [0.1, 0.15) is 44.7 Å². The predicted octanol–water partition coefficient (Wildman–Crippen LogP) is 2.70. The van der Waals surface area contributed by atoms with E-state index in [4.69, 9.17) is 15.7 Å². The normalized spacial score (nSPS) is 14.8. The highest BCUT2D eigenvalue weighted by atomic mass is 16.5. The van der Waals surface area contributed by atoms with Gasteiger partial charge in [-0.25, -0.2) is 0 Å². The Kier molecular flexibility index (Phi) is 7.02. The van der Waals surface area contributed by atoms with Crippen molar-refractivity contribution in [2.24, 2.45) is 16.8 Å². The number of oxime groups is 1. The van der Waals surface area contributed by atoms with Gasteiger partial charge in [-0.2, -0.15) is 0 Å². The summed E-state index contributed by atoms with van der Waals surface area (Å²) in [6.45, 7) is 7.46. The second kappa shape index (κ2) is 8.52. The molecule has 0 spiro atoms. The topological polar surface area (TPSA) is 79.9 Å². The zero-order chi connectivity index (χ0) is 15.8. The fourth-order valence-electron chi connectivity index (χ4n) is 2.26. The average Bonchev–Trinajstić information content (AvgIpc) is 2.51. The average molecular weight is 293 g/mol. The Hall–Kier alpha value is -1.75. The quantitative estimate of drug-likeness (QED) is 0.298. The first-order valence-electron chi connectivity index (χ1n) is 7.40. The van der Waals surface area contributed by atoms with E-state index in [1.165, 1.54) is 6.42 Å². The standard InChI is InChI=1S/C16H27N3O2/c1-5-11(2)8-12(3)18-10-13-6-7-14(16(17)19-20)15(9-13)21-4/h6-7,9,11-12,18,20H,5,8,10H2,1-4H3,(H2,17,19). The summed E-state index contributed by atoms with van der Waals surface area (Å²) < 4.78 is 5.30. The van der Waals surface area contributed by atoms with Crippen LogP contribution in [0.3, 0.4) is 0 Å². The molecule has 0 bridgehead atoms. The third-order valence-corrected chi connectivity index (χ3v) is 3.76. The Bertz CT molecular complexity index is 475. The van der Waals surface area contributed by atoms with Gasteiger partial charge in [-0.1, -0.05) is 31.5 Å². The molecule has 0 heterocycles. The molecule has 2 atom stereocenters. The van der Waals surface area contributed by atoms with E-state index in [0.29, 0.717) is 17.4 Å². The van der Waals surface area contributed by atoms with E-state index >= 15 is 0 Å². The second-order valence-electron chi connectivity index (χ2n) is 5.55. The van der Waals surface area contributed by atoms with E-state index in [2.05, 4.69) is 31.2 Å². The van der Waals surface area contributed by atoms with Crippen LogP contribution < -0.4 is 15.8 Å². The number of ether oxygens (including phenoxy) is 1.